The van der Waals surface area contributed by atoms with E-state index < -0.39 is 10.8 Å². The number of carbonyl (C=O) groups excluding carboxylic acids is 1. The molecule has 0 atom stereocenters. The predicted molar refractivity (Wildman–Crippen MR) is 135 cm³/mol. The number of carbonyl (C=O) groups is 1. The van der Waals surface area contributed by atoms with E-state index in [1.165, 1.54) is 30.6 Å². The lowest BCUT2D eigenvalue weighted by Crippen LogP contribution is -2.34. The Kier molecular flexibility index (Phi) is 6.39. The number of benzene rings is 3. The second-order valence-corrected chi connectivity index (χ2v) is 8.67. The maximum absolute atomic E-state index is 12.6. The number of nitro benzene ring substituents is 1. The van der Waals surface area contributed by atoms with E-state index in [1.807, 2.05) is 24.3 Å². The molecule has 172 valence electrons. The van der Waals surface area contributed by atoms with Crippen LogP contribution in [-0.4, -0.2) is 33.1 Å². The number of phenols is 1. The van der Waals surface area contributed by atoms with E-state index in [-0.39, 0.29) is 27.9 Å². The lowest BCUT2D eigenvalue weighted by molar-refractivity contribution is -0.385. The van der Waals surface area contributed by atoms with Crippen LogP contribution < -0.4 is 15.4 Å². The largest absolute Gasteiger partial charge is 0.507 e. The van der Waals surface area contributed by atoms with Crippen LogP contribution in [0.3, 0.4) is 0 Å². The number of anilines is 1. The zero-order chi connectivity index (χ0) is 24.4. The Morgan fingerprint density at radius 2 is 1.97 bits per heavy atom. The lowest BCUT2D eigenvalue weighted by Gasteiger charge is -2.13. The number of phenolic OH excluding ortho intramolecular Hbond substituents is 1. The number of ether oxygens (including phenoxy) is 1. The molecule has 34 heavy (non-hydrogen) atoms. The molecule has 0 aliphatic heterocycles. The van der Waals surface area contributed by atoms with Crippen molar-refractivity contribution in [2.75, 3.05) is 12.4 Å². The van der Waals surface area contributed by atoms with E-state index >= 15 is 0 Å². The van der Waals surface area contributed by atoms with Crippen LogP contribution >= 0.6 is 23.6 Å². The summed E-state index contributed by atoms with van der Waals surface area (Å²) in [6.07, 6.45) is 0. The van der Waals surface area contributed by atoms with Crippen LogP contribution in [0.2, 0.25) is 0 Å². The SMILES string of the molecule is COc1ccc(C(=O)NC(=S)Nc2cc(C)c(O)c(-c3nc4ccccc4s3)c2)cc1[N+](=O)[O-]. The molecule has 9 nitrogen and oxygen atoms in total. The third kappa shape index (κ3) is 4.65. The molecule has 0 fully saturated rings. The molecule has 3 aromatic carbocycles. The molecule has 0 bridgehead atoms. The number of fused-ring (bicyclic) bond motifs is 1. The van der Waals surface area contributed by atoms with Crippen LogP contribution in [0.1, 0.15) is 15.9 Å². The van der Waals surface area contributed by atoms with Crippen LogP contribution in [0.4, 0.5) is 11.4 Å². The second-order valence-electron chi connectivity index (χ2n) is 7.23. The summed E-state index contributed by atoms with van der Waals surface area (Å²) in [7, 11) is 1.31. The highest BCUT2D eigenvalue weighted by atomic mass is 32.1. The van der Waals surface area contributed by atoms with Gasteiger partial charge < -0.3 is 15.2 Å². The molecule has 0 aliphatic carbocycles. The van der Waals surface area contributed by atoms with Gasteiger partial charge in [-0.05, 0) is 61.1 Å². The maximum Gasteiger partial charge on any atom is 0.311 e. The quantitative estimate of drug-likeness (QED) is 0.153. The molecule has 1 amide bonds. The summed E-state index contributed by atoms with van der Waals surface area (Å²) in [6.45, 7) is 1.75. The van der Waals surface area contributed by atoms with E-state index in [1.54, 1.807) is 19.1 Å². The molecule has 0 aliphatic rings. The molecular weight excluding hydrogens is 476 g/mol. The highest BCUT2D eigenvalue weighted by Gasteiger charge is 2.19. The summed E-state index contributed by atoms with van der Waals surface area (Å²) in [5, 5.41) is 27.9. The number of hydrogen-bond donors (Lipinski definition) is 3. The molecule has 0 unspecified atom stereocenters. The van der Waals surface area contributed by atoms with Crippen molar-refractivity contribution in [2.45, 2.75) is 6.92 Å². The Labute approximate surface area is 203 Å². The number of nitro groups is 1. The zero-order valence-corrected chi connectivity index (χ0v) is 19.6. The van der Waals surface area contributed by atoms with Gasteiger partial charge >= 0.3 is 5.69 Å². The summed E-state index contributed by atoms with van der Waals surface area (Å²) in [5.74, 6) is -0.473. The first-order valence-electron chi connectivity index (χ1n) is 9.91. The van der Waals surface area contributed by atoms with Crippen molar-refractivity contribution in [2.24, 2.45) is 0 Å². The highest BCUT2D eigenvalue weighted by molar-refractivity contribution is 7.80. The van der Waals surface area contributed by atoms with Crippen molar-refractivity contribution in [1.82, 2.24) is 10.3 Å². The van der Waals surface area contributed by atoms with E-state index in [0.717, 1.165) is 16.3 Å². The Balaban J connectivity index is 1.55. The number of aromatic nitrogens is 1. The number of aromatic hydroxyl groups is 1. The third-order valence-corrected chi connectivity index (χ3v) is 6.22. The van der Waals surface area contributed by atoms with Gasteiger partial charge in [-0.2, -0.15) is 0 Å². The van der Waals surface area contributed by atoms with E-state index in [4.69, 9.17) is 17.0 Å². The van der Waals surface area contributed by atoms with Crippen molar-refractivity contribution < 1.29 is 19.6 Å². The molecule has 11 heteroatoms. The third-order valence-electron chi connectivity index (χ3n) is 4.95. The smallest absolute Gasteiger partial charge is 0.311 e. The van der Waals surface area contributed by atoms with Crippen LogP contribution in [0.5, 0.6) is 11.5 Å². The Morgan fingerprint density at radius 1 is 1.21 bits per heavy atom. The number of methoxy groups -OCH3 is 1. The molecule has 0 saturated heterocycles. The average Bonchev–Trinajstić information content (AvgIpc) is 3.24. The number of nitrogens with one attached hydrogen (secondary N) is 2. The predicted octanol–water partition coefficient (Wildman–Crippen LogP) is 5.02. The van der Waals surface area contributed by atoms with E-state index in [2.05, 4.69) is 15.6 Å². The van der Waals surface area contributed by atoms with E-state index in [9.17, 15) is 20.0 Å². The van der Waals surface area contributed by atoms with Gasteiger partial charge in [0.25, 0.3) is 5.91 Å². The minimum atomic E-state index is -0.630. The Bertz CT molecular complexity index is 1420. The maximum atomic E-state index is 12.6. The van der Waals surface area contributed by atoms with Crippen molar-refractivity contribution in [1.29, 1.82) is 0 Å². The fourth-order valence-electron chi connectivity index (χ4n) is 3.31. The first-order chi connectivity index (χ1) is 16.3. The van der Waals surface area contributed by atoms with Gasteiger partial charge in [-0.1, -0.05) is 12.1 Å². The molecule has 3 N–H and O–H groups in total. The summed E-state index contributed by atoms with van der Waals surface area (Å²) in [4.78, 5) is 27.8. The van der Waals surface area contributed by atoms with Gasteiger partial charge in [0, 0.05) is 17.3 Å². The second kappa shape index (κ2) is 9.41. The molecule has 1 heterocycles. The molecule has 0 saturated carbocycles. The van der Waals surface area contributed by atoms with Crippen molar-refractivity contribution >= 4 is 56.2 Å². The summed E-state index contributed by atoms with van der Waals surface area (Å²) in [5.41, 5.74) is 2.21. The molecule has 4 aromatic rings. The standard InChI is InChI=1S/C23H18N4O5S2/c1-12-9-14(11-15(20(12)28)22-25-16-5-3-4-6-19(16)34-22)24-23(33)26-21(29)13-7-8-18(32-2)17(10-13)27(30)31/h3-11,28H,1-2H3,(H2,24,26,29,33). The number of nitrogens with zero attached hydrogens (tertiary/aromatic N) is 2. The van der Waals surface area contributed by atoms with Gasteiger partial charge in [-0.15, -0.1) is 11.3 Å². The topological polar surface area (TPSA) is 127 Å². The minimum absolute atomic E-state index is 0.0104. The molecular formula is C23H18N4O5S2. The average molecular weight is 495 g/mol. The Morgan fingerprint density at radius 3 is 2.68 bits per heavy atom. The van der Waals surface area contributed by atoms with Crippen LogP contribution in [0.25, 0.3) is 20.8 Å². The number of hydrogen-bond acceptors (Lipinski definition) is 8. The first-order valence-corrected chi connectivity index (χ1v) is 11.1. The Hall–Kier alpha value is -4.09. The van der Waals surface area contributed by atoms with Crippen molar-refractivity contribution in [3.63, 3.8) is 0 Å². The number of rotatable bonds is 5. The highest BCUT2D eigenvalue weighted by Crippen LogP contribution is 2.38. The van der Waals surface area contributed by atoms with Gasteiger partial charge in [-0.25, -0.2) is 4.98 Å². The number of para-hydroxylation sites is 1. The summed E-state index contributed by atoms with van der Waals surface area (Å²) < 4.78 is 5.94. The lowest BCUT2D eigenvalue weighted by atomic mass is 10.1. The zero-order valence-electron chi connectivity index (χ0n) is 18.0. The first kappa shape index (κ1) is 23.1. The monoisotopic (exact) mass is 494 g/mol. The van der Waals surface area contributed by atoms with Gasteiger partial charge in [-0.3, -0.25) is 20.2 Å². The van der Waals surface area contributed by atoms with Crippen molar-refractivity contribution in [3.8, 4) is 22.1 Å². The molecule has 1 aromatic heterocycles. The molecule has 0 spiro atoms. The fourth-order valence-corrected chi connectivity index (χ4v) is 4.51. The van der Waals surface area contributed by atoms with E-state index in [0.29, 0.717) is 21.8 Å². The van der Waals surface area contributed by atoms with Crippen LogP contribution in [-0.2, 0) is 0 Å². The number of amides is 1. The van der Waals surface area contributed by atoms with Crippen molar-refractivity contribution in [3.05, 3.63) is 75.8 Å². The van der Waals surface area contributed by atoms with Gasteiger partial charge in [0.1, 0.15) is 10.8 Å². The van der Waals surface area contributed by atoms with Gasteiger partial charge in [0.2, 0.25) is 0 Å². The van der Waals surface area contributed by atoms with Crippen LogP contribution in [0.15, 0.2) is 54.6 Å². The van der Waals surface area contributed by atoms with Gasteiger partial charge in [0.05, 0.1) is 27.8 Å². The normalized spacial score (nSPS) is 10.6. The molecule has 4 rings (SSSR count). The number of thiocarbonyl (C=S) groups is 1. The fraction of sp³-hybridized carbons (Fsp3) is 0.0870. The summed E-state index contributed by atoms with van der Waals surface area (Å²) in [6, 6.07) is 14.9. The van der Waals surface area contributed by atoms with Crippen LogP contribution in [0, 0.1) is 17.0 Å². The minimum Gasteiger partial charge on any atom is -0.507 e. The summed E-state index contributed by atoms with van der Waals surface area (Å²) >= 11 is 6.71. The number of aryl methyl sites for hydroxylation is 1. The number of thiazole rings is 1. The van der Waals surface area contributed by atoms with Gasteiger partial charge in [0.15, 0.2) is 10.9 Å². The molecule has 0 radical (unpaired) electrons.